The summed E-state index contributed by atoms with van der Waals surface area (Å²) in [7, 11) is 0. The van der Waals surface area contributed by atoms with E-state index in [1.165, 1.54) is 6.21 Å². The number of hydrogen-bond acceptors (Lipinski definition) is 5. The van der Waals surface area contributed by atoms with Crippen LogP contribution in [0.5, 0.6) is 11.5 Å². The van der Waals surface area contributed by atoms with Gasteiger partial charge in [-0.2, -0.15) is 5.10 Å². The van der Waals surface area contributed by atoms with Gasteiger partial charge in [-0.1, -0.05) is 35.3 Å². The monoisotopic (exact) mass is 560 g/mol. The number of ether oxygens (including phenoxy) is 2. The summed E-state index contributed by atoms with van der Waals surface area (Å²) in [5, 5.41) is 6.01. The SMILES string of the molecule is CCOc1cc(/C=N/NC(=O)c2cc3cc(Cl)ccc3o2)cc(Br)c1OCc1ccc(Cl)cc1. The van der Waals surface area contributed by atoms with Crippen molar-refractivity contribution >= 4 is 62.2 Å². The molecule has 0 spiro atoms. The smallest absolute Gasteiger partial charge is 0.307 e. The molecule has 0 bridgehead atoms. The van der Waals surface area contributed by atoms with Crippen LogP contribution in [0.25, 0.3) is 11.0 Å². The van der Waals surface area contributed by atoms with Gasteiger partial charge in [0.05, 0.1) is 17.3 Å². The maximum absolute atomic E-state index is 12.4. The maximum atomic E-state index is 12.4. The minimum absolute atomic E-state index is 0.136. The van der Waals surface area contributed by atoms with Crippen molar-refractivity contribution in [1.82, 2.24) is 5.43 Å². The first kappa shape index (κ1) is 24.1. The molecule has 0 saturated heterocycles. The Morgan fingerprint density at radius 3 is 2.59 bits per heavy atom. The fraction of sp³-hybridized carbons (Fsp3) is 0.120. The molecule has 0 atom stereocenters. The van der Waals surface area contributed by atoms with E-state index in [1.807, 2.05) is 37.3 Å². The summed E-state index contributed by atoms with van der Waals surface area (Å²) in [6.45, 7) is 2.69. The highest BCUT2D eigenvalue weighted by atomic mass is 79.9. The fourth-order valence-electron chi connectivity index (χ4n) is 3.15. The van der Waals surface area contributed by atoms with Crippen LogP contribution in [0.3, 0.4) is 0 Å². The van der Waals surface area contributed by atoms with Gasteiger partial charge in [0.25, 0.3) is 0 Å². The molecule has 0 aliphatic rings. The van der Waals surface area contributed by atoms with Crippen molar-refractivity contribution in [2.45, 2.75) is 13.5 Å². The highest BCUT2D eigenvalue weighted by molar-refractivity contribution is 9.10. The second-order valence-corrected chi connectivity index (χ2v) is 8.90. The van der Waals surface area contributed by atoms with Gasteiger partial charge in [-0.3, -0.25) is 4.79 Å². The fourth-order valence-corrected chi connectivity index (χ4v) is 4.03. The van der Waals surface area contributed by atoms with Gasteiger partial charge in [0.1, 0.15) is 12.2 Å². The molecule has 9 heteroatoms. The zero-order chi connectivity index (χ0) is 24.1. The molecule has 174 valence electrons. The Labute approximate surface area is 214 Å². The number of hydrazone groups is 1. The van der Waals surface area contributed by atoms with E-state index in [0.717, 1.165) is 10.9 Å². The number of rotatable bonds is 8. The number of amides is 1. The molecule has 4 rings (SSSR count). The quantitative estimate of drug-likeness (QED) is 0.182. The second-order valence-electron chi connectivity index (χ2n) is 7.17. The molecule has 1 heterocycles. The van der Waals surface area contributed by atoms with E-state index in [0.29, 0.717) is 50.4 Å². The molecule has 4 aromatic rings. The zero-order valence-corrected chi connectivity index (χ0v) is 21.1. The van der Waals surface area contributed by atoms with Gasteiger partial charge in [0.2, 0.25) is 0 Å². The molecular formula is C25H19BrCl2N2O4. The summed E-state index contributed by atoms with van der Waals surface area (Å²) in [6, 6.07) is 17.8. The summed E-state index contributed by atoms with van der Waals surface area (Å²) < 4.78 is 18.0. The van der Waals surface area contributed by atoms with E-state index >= 15 is 0 Å². The number of fused-ring (bicyclic) bond motifs is 1. The predicted octanol–water partition coefficient (Wildman–Crippen LogP) is 7.24. The van der Waals surface area contributed by atoms with Crippen LogP contribution in [0, 0.1) is 0 Å². The molecule has 1 aromatic heterocycles. The van der Waals surface area contributed by atoms with Crippen LogP contribution in [0.1, 0.15) is 28.6 Å². The molecule has 0 unspecified atom stereocenters. The molecule has 0 saturated carbocycles. The number of benzene rings is 3. The summed E-state index contributed by atoms with van der Waals surface area (Å²) in [6.07, 6.45) is 1.51. The van der Waals surface area contributed by atoms with Crippen LogP contribution in [0.2, 0.25) is 10.0 Å². The second kappa shape index (κ2) is 11.0. The lowest BCUT2D eigenvalue weighted by molar-refractivity contribution is 0.0929. The molecule has 0 aliphatic carbocycles. The lowest BCUT2D eigenvalue weighted by Gasteiger charge is -2.14. The highest BCUT2D eigenvalue weighted by Crippen LogP contribution is 2.37. The van der Waals surface area contributed by atoms with Crippen molar-refractivity contribution in [3.8, 4) is 11.5 Å². The Morgan fingerprint density at radius 2 is 1.82 bits per heavy atom. The molecule has 0 fully saturated rings. The van der Waals surface area contributed by atoms with Crippen molar-refractivity contribution in [1.29, 1.82) is 0 Å². The highest BCUT2D eigenvalue weighted by Gasteiger charge is 2.14. The van der Waals surface area contributed by atoms with Crippen molar-refractivity contribution in [3.05, 3.63) is 92.1 Å². The molecule has 1 N–H and O–H groups in total. The van der Waals surface area contributed by atoms with E-state index in [1.54, 1.807) is 30.3 Å². The summed E-state index contributed by atoms with van der Waals surface area (Å²) in [5.74, 6) is 0.777. The van der Waals surface area contributed by atoms with E-state index in [2.05, 4.69) is 26.5 Å². The number of nitrogens with one attached hydrogen (secondary N) is 1. The standard InChI is InChI=1S/C25H19BrCl2N2O4/c1-2-32-22-10-16(9-20(26)24(22)33-14-15-3-5-18(27)6-4-15)13-29-30-25(31)23-12-17-11-19(28)7-8-21(17)34-23/h3-13H,2,14H2,1H3,(H,30,31)/b29-13+. The summed E-state index contributed by atoms with van der Waals surface area (Å²) in [5.41, 5.74) is 4.71. The molecule has 0 aliphatic heterocycles. The third kappa shape index (κ3) is 5.91. The molecule has 34 heavy (non-hydrogen) atoms. The van der Waals surface area contributed by atoms with Gasteiger partial charge < -0.3 is 13.9 Å². The van der Waals surface area contributed by atoms with E-state index in [4.69, 9.17) is 37.1 Å². The van der Waals surface area contributed by atoms with Crippen LogP contribution in [-0.2, 0) is 6.61 Å². The number of halogens is 3. The third-order valence-electron chi connectivity index (χ3n) is 4.71. The number of hydrogen-bond donors (Lipinski definition) is 1. The maximum Gasteiger partial charge on any atom is 0.307 e. The Kier molecular flexibility index (Phi) is 7.77. The van der Waals surface area contributed by atoms with Crippen LogP contribution in [0.4, 0.5) is 0 Å². The van der Waals surface area contributed by atoms with E-state index in [9.17, 15) is 4.79 Å². The van der Waals surface area contributed by atoms with Gasteiger partial charge >= 0.3 is 5.91 Å². The Morgan fingerprint density at radius 1 is 1.06 bits per heavy atom. The van der Waals surface area contributed by atoms with E-state index in [-0.39, 0.29) is 5.76 Å². The van der Waals surface area contributed by atoms with Crippen LogP contribution in [0.15, 0.2) is 74.7 Å². The summed E-state index contributed by atoms with van der Waals surface area (Å²) >= 11 is 15.5. The molecule has 3 aromatic carbocycles. The topological polar surface area (TPSA) is 73.1 Å². The Balaban J connectivity index is 1.46. The summed E-state index contributed by atoms with van der Waals surface area (Å²) in [4.78, 5) is 12.4. The van der Waals surface area contributed by atoms with Gasteiger partial charge in [0.15, 0.2) is 17.3 Å². The number of furan rings is 1. The minimum atomic E-state index is -0.476. The van der Waals surface area contributed by atoms with E-state index < -0.39 is 5.91 Å². The van der Waals surface area contributed by atoms with Crippen LogP contribution in [-0.4, -0.2) is 18.7 Å². The largest absolute Gasteiger partial charge is 0.490 e. The Bertz CT molecular complexity index is 1350. The first-order valence-corrected chi connectivity index (χ1v) is 11.8. The average Bonchev–Trinajstić information content (AvgIpc) is 3.23. The molecule has 0 radical (unpaired) electrons. The van der Waals surface area contributed by atoms with Gasteiger partial charge in [-0.15, -0.1) is 0 Å². The predicted molar refractivity (Wildman–Crippen MR) is 137 cm³/mol. The first-order valence-electron chi connectivity index (χ1n) is 10.3. The lowest BCUT2D eigenvalue weighted by Crippen LogP contribution is -2.16. The van der Waals surface area contributed by atoms with Gasteiger partial charge in [-0.25, -0.2) is 5.43 Å². The minimum Gasteiger partial charge on any atom is -0.490 e. The zero-order valence-electron chi connectivity index (χ0n) is 18.0. The number of nitrogens with zero attached hydrogens (tertiary/aromatic N) is 1. The lowest BCUT2D eigenvalue weighted by atomic mass is 10.2. The number of carbonyl (C=O) groups excluding carboxylic acids is 1. The molecular weight excluding hydrogens is 543 g/mol. The van der Waals surface area contributed by atoms with Gasteiger partial charge in [0, 0.05) is 15.4 Å². The molecule has 6 nitrogen and oxygen atoms in total. The average molecular weight is 562 g/mol. The van der Waals surface area contributed by atoms with Crippen LogP contribution >= 0.6 is 39.1 Å². The normalized spacial score (nSPS) is 11.2. The van der Waals surface area contributed by atoms with Gasteiger partial charge in [-0.05, 0) is 82.5 Å². The van der Waals surface area contributed by atoms with Crippen molar-refractivity contribution < 1.29 is 18.7 Å². The Hall–Kier alpha value is -3.00. The molecule has 1 amide bonds. The van der Waals surface area contributed by atoms with Crippen molar-refractivity contribution in [2.75, 3.05) is 6.61 Å². The van der Waals surface area contributed by atoms with Crippen molar-refractivity contribution in [3.63, 3.8) is 0 Å². The van der Waals surface area contributed by atoms with Crippen LogP contribution < -0.4 is 14.9 Å². The number of carbonyl (C=O) groups is 1. The first-order chi connectivity index (χ1) is 16.4. The van der Waals surface area contributed by atoms with Crippen molar-refractivity contribution in [2.24, 2.45) is 5.10 Å². The third-order valence-corrected chi connectivity index (χ3v) is 5.79.